The first-order valence-electron chi connectivity index (χ1n) is 13.6. The Bertz CT molecular complexity index is 1060. The Morgan fingerprint density at radius 1 is 1.17 bits per heavy atom. The maximum Gasteiger partial charge on any atom is 0.114 e. The molecule has 7 heteroatoms. The summed E-state index contributed by atoms with van der Waals surface area (Å²) in [5, 5.41) is 9.62. The number of nitrogens with zero attached hydrogens (tertiary/aromatic N) is 2. The number of rotatable bonds is 8. The van der Waals surface area contributed by atoms with Gasteiger partial charge in [0.2, 0.25) is 0 Å². The van der Waals surface area contributed by atoms with Crippen molar-refractivity contribution >= 4 is 38.1 Å². The highest BCUT2D eigenvalue weighted by molar-refractivity contribution is 9.12. The minimum Gasteiger partial charge on any atom is -0.298 e. The Morgan fingerprint density at radius 2 is 2.00 bits per heavy atom. The summed E-state index contributed by atoms with van der Waals surface area (Å²) in [6.07, 6.45) is 19.7. The van der Waals surface area contributed by atoms with E-state index < -0.39 is 0 Å². The molecule has 4 fully saturated rings. The Hall–Kier alpha value is -0.830. The van der Waals surface area contributed by atoms with Gasteiger partial charge in [0, 0.05) is 35.1 Å². The molecule has 0 aromatic carbocycles. The standard InChI is InChI=1S/C29H37Br2N3O2/c1-17-5-22(16-34-4-2-3-25(34)15-32-14-19-9-23(30)13-24(31)10-19)29(36-33-35)27(6-17)26-11-18-7-20-12-21(8-18)28(20)26/h5-6,9,13-14,18-22,25,29,33,35H,2-4,7-8,10-12,15-16H2,1H3/b32-14+. The summed E-state index contributed by atoms with van der Waals surface area (Å²) in [4.78, 5) is 13.4. The first-order valence-corrected chi connectivity index (χ1v) is 15.2. The van der Waals surface area contributed by atoms with Gasteiger partial charge in [-0.15, -0.1) is 0 Å². The van der Waals surface area contributed by atoms with Crippen LogP contribution in [0, 0.1) is 29.6 Å². The van der Waals surface area contributed by atoms with Gasteiger partial charge in [0.15, 0.2) is 0 Å². The minimum absolute atomic E-state index is 0.154. The highest BCUT2D eigenvalue weighted by Crippen LogP contribution is 2.61. The zero-order chi connectivity index (χ0) is 24.8. The third kappa shape index (κ3) is 5.08. The molecule has 1 saturated heterocycles. The summed E-state index contributed by atoms with van der Waals surface area (Å²) >= 11 is 7.24. The van der Waals surface area contributed by atoms with Crippen molar-refractivity contribution in [3.63, 3.8) is 0 Å². The molecule has 36 heavy (non-hydrogen) atoms. The molecule has 0 aromatic rings. The summed E-state index contributed by atoms with van der Waals surface area (Å²) in [6.45, 7) is 5.09. The van der Waals surface area contributed by atoms with Gasteiger partial charge in [-0.1, -0.05) is 66.9 Å². The Morgan fingerprint density at radius 3 is 2.75 bits per heavy atom. The highest BCUT2D eigenvalue weighted by Gasteiger charge is 2.49. The number of likely N-dealkylation sites (tertiary alicyclic amines) is 1. The first-order chi connectivity index (χ1) is 17.5. The second kappa shape index (κ2) is 10.7. The Labute approximate surface area is 231 Å². The van der Waals surface area contributed by atoms with E-state index in [2.05, 4.69) is 79.8 Å². The zero-order valence-electron chi connectivity index (χ0n) is 21.0. The molecule has 6 unspecified atom stereocenters. The summed E-state index contributed by atoms with van der Waals surface area (Å²) in [6, 6.07) is 0.461. The average Bonchev–Trinajstić information content (AvgIpc) is 3.26. The van der Waals surface area contributed by atoms with Crippen LogP contribution in [0.15, 0.2) is 60.6 Å². The molecule has 0 radical (unpaired) electrons. The number of aliphatic imine (C=N–C) groups is 1. The van der Waals surface area contributed by atoms with Crippen LogP contribution in [0.25, 0.3) is 0 Å². The maximum absolute atomic E-state index is 9.62. The third-order valence-electron chi connectivity index (χ3n) is 9.27. The van der Waals surface area contributed by atoms with Crippen molar-refractivity contribution in [3.8, 4) is 0 Å². The topological polar surface area (TPSA) is 57.1 Å². The summed E-state index contributed by atoms with van der Waals surface area (Å²) in [5.41, 5.74) is 8.00. The lowest BCUT2D eigenvalue weighted by Gasteiger charge is -2.55. The number of halogens is 2. The van der Waals surface area contributed by atoms with Crippen molar-refractivity contribution in [2.24, 2.45) is 34.6 Å². The van der Waals surface area contributed by atoms with Gasteiger partial charge in [0.05, 0.1) is 6.54 Å². The highest BCUT2D eigenvalue weighted by atomic mass is 79.9. The third-order valence-corrected chi connectivity index (χ3v) is 10.3. The van der Waals surface area contributed by atoms with Crippen LogP contribution in [0.2, 0.25) is 0 Å². The predicted molar refractivity (Wildman–Crippen MR) is 151 cm³/mol. The van der Waals surface area contributed by atoms with Crippen LogP contribution in [0.1, 0.15) is 51.9 Å². The number of hydrogen-bond donors (Lipinski definition) is 2. The van der Waals surface area contributed by atoms with Crippen LogP contribution in [-0.4, -0.2) is 48.1 Å². The van der Waals surface area contributed by atoms with E-state index in [1.54, 1.807) is 11.1 Å². The molecule has 8 aliphatic rings. The SMILES string of the molecule is CC1=CC(CN2CCCC2C/N=C/C2C=C(Br)C=C(Br)C2)C(ONO)C(C2=C3C4CC(C2)CC3C4)=C1. The molecule has 2 N–H and O–H groups in total. The van der Waals surface area contributed by atoms with E-state index in [1.165, 1.54) is 54.2 Å². The fourth-order valence-electron chi connectivity index (χ4n) is 7.89. The second-order valence-corrected chi connectivity index (χ2v) is 13.7. The number of allylic oxidation sites excluding steroid dienone is 7. The molecule has 0 spiro atoms. The molecule has 1 aliphatic heterocycles. The van der Waals surface area contributed by atoms with Gasteiger partial charge in [-0.3, -0.25) is 19.9 Å². The molecule has 6 atom stereocenters. The van der Waals surface area contributed by atoms with Crippen LogP contribution < -0.4 is 5.64 Å². The molecular weight excluding hydrogens is 582 g/mol. The first kappa shape index (κ1) is 25.4. The molecular formula is C29H37Br2N3O2. The number of nitrogens with one attached hydrogen (secondary N) is 1. The fourth-order valence-corrected chi connectivity index (χ4v) is 9.43. The quantitative estimate of drug-likeness (QED) is 0.237. The molecule has 0 amide bonds. The second-order valence-electron chi connectivity index (χ2n) is 11.7. The molecule has 1 heterocycles. The normalized spacial score (nSPS) is 38.2. The maximum atomic E-state index is 9.62. The van der Waals surface area contributed by atoms with E-state index in [9.17, 15) is 5.21 Å². The van der Waals surface area contributed by atoms with Crippen molar-refractivity contribution in [2.75, 3.05) is 19.6 Å². The van der Waals surface area contributed by atoms with Crippen LogP contribution >= 0.6 is 31.9 Å². The van der Waals surface area contributed by atoms with E-state index in [4.69, 9.17) is 9.83 Å². The van der Waals surface area contributed by atoms with Crippen molar-refractivity contribution in [1.82, 2.24) is 10.5 Å². The average molecular weight is 619 g/mol. The van der Waals surface area contributed by atoms with Gasteiger partial charge in [0.1, 0.15) is 6.10 Å². The van der Waals surface area contributed by atoms with Crippen LogP contribution in [0.4, 0.5) is 0 Å². The lowest BCUT2D eigenvalue weighted by atomic mass is 9.50. The monoisotopic (exact) mass is 617 g/mol. The van der Waals surface area contributed by atoms with Gasteiger partial charge in [-0.2, -0.15) is 0 Å². The molecule has 4 bridgehead atoms. The van der Waals surface area contributed by atoms with Crippen LogP contribution in [-0.2, 0) is 4.84 Å². The van der Waals surface area contributed by atoms with E-state index in [1.807, 2.05) is 0 Å². The predicted octanol–water partition coefficient (Wildman–Crippen LogP) is 6.63. The summed E-state index contributed by atoms with van der Waals surface area (Å²) in [7, 11) is 0. The smallest absolute Gasteiger partial charge is 0.114 e. The van der Waals surface area contributed by atoms with Crippen molar-refractivity contribution in [3.05, 3.63) is 55.6 Å². The molecule has 3 saturated carbocycles. The van der Waals surface area contributed by atoms with Gasteiger partial charge >= 0.3 is 0 Å². The van der Waals surface area contributed by atoms with E-state index in [-0.39, 0.29) is 12.0 Å². The van der Waals surface area contributed by atoms with Crippen LogP contribution in [0.3, 0.4) is 0 Å². The van der Waals surface area contributed by atoms with Crippen molar-refractivity contribution in [1.29, 1.82) is 0 Å². The lowest BCUT2D eigenvalue weighted by Crippen LogP contribution is -2.46. The Balaban J connectivity index is 1.15. The zero-order valence-corrected chi connectivity index (χ0v) is 24.2. The van der Waals surface area contributed by atoms with E-state index in [0.717, 1.165) is 48.3 Å². The summed E-state index contributed by atoms with van der Waals surface area (Å²) < 4.78 is 2.33. The van der Waals surface area contributed by atoms with E-state index >= 15 is 0 Å². The molecule has 194 valence electrons. The molecule has 7 aliphatic carbocycles. The van der Waals surface area contributed by atoms with Gasteiger partial charge < -0.3 is 0 Å². The molecule has 5 nitrogen and oxygen atoms in total. The molecule has 0 aromatic heterocycles. The van der Waals surface area contributed by atoms with Crippen LogP contribution in [0.5, 0.6) is 0 Å². The lowest BCUT2D eigenvalue weighted by molar-refractivity contribution is -0.163. The fraction of sp³-hybridized carbons (Fsp3) is 0.621. The minimum atomic E-state index is -0.154. The van der Waals surface area contributed by atoms with Crippen molar-refractivity contribution in [2.45, 2.75) is 64.0 Å². The van der Waals surface area contributed by atoms with Gasteiger partial charge in [-0.05, 0) is 97.9 Å². The van der Waals surface area contributed by atoms with Gasteiger partial charge in [0.25, 0.3) is 0 Å². The van der Waals surface area contributed by atoms with Crippen molar-refractivity contribution < 1.29 is 10.0 Å². The summed E-state index contributed by atoms with van der Waals surface area (Å²) in [5.74, 6) is 3.00. The van der Waals surface area contributed by atoms with E-state index in [0.29, 0.717) is 12.0 Å². The Kier molecular flexibility index (Phi) is 7.59. The van der Waals surface area contributed by atoms with Gasteiger partial charge in [-0.25, -0.2) is 0 Å². The number of hydrogen-bond acceptors (Lipinski definition) is 5. The largest absolute Gasteiger partial charge is 0.298 e. The number of fused-ring (bicyclic) bond motifs is 1. The molecule has 8 rings (SSSR count).